The molecule has 6 heteroatoms. The van der Waals surface area contributed by atoms with E-state index in [1.807, 2.05) is 19.1 Å². The highest BCUT2D eigenvalue weighted by molar-refractivity contribution is 9.10. The summed E-state index contributed by atoms with van der Waals surface area (Å²) in [6, 6.07) is 20.9. The number of hydrogen-bond donors (Lipinski definition) is 0. The van der Waals surface area contributed by atoms with Crippen LogP contribution < -0.4 is 9.47 Å². The molecule has 0 spiro atoms. The van der Waals surface area contributed by atoms with Gasteiger partial charge in [0.2, 0.25) is 0 Å². The van der Waals surface area contributed by atoms with E-state index in [1.165, 1.54) is 12.1 Å². The fourth-order valence-corrected chi connectivity index (χ4v) is 3.38. The predicted octanol–water partition coefficient (Wildman–Crippen LogP) is 6.50. The third kappa shape index (κ3) is 5.51. The highest BCUT2D eigenvalue weighted by Gasteiger charge is 2.13. The van der Waals surface area contributed by atoms with Gasteiger partial charge in [0.1, 0.15) is 12.4 Å². The molecule has 0 radical (unpaired) electrons. The van der Waals surface area contributed by atoms with Crippen LogP contribution in [0.1, 0.15) is 29.2 Å². The topological polar surface area (TPSA) is 66.0 Å². The second kappa shape index (κ2) is 10.4. The van der Waals surface area contributed by atoms with Crippen molar-refractivity contribution < 1.29 is 13.9 Å². The average Bonchev–Trinajstić information content (AvgIpc) is 2.78. The van der Waals surface area contributed by atoms with E-state index in [1.54, 1.807) is 42.5 Å². The first-order valence-corrected chi connectivity index (χ1v) is 10.3. The minimum absolute atomic E-state index is 0.207. The maximum atomic E-state index is 13.6. The lowest BCUT2D eigenvalue weighted by atomic mass is 10.0. The van der Waals surface area contributed by atoms with Crippen LogP contribution in [0.2, 0.25) is 0 Å². The quantitative estimate of drug-likeness (QED) is 0.288. The molecule has 0 aromatic heterocycles. The second-order valence-electron chi connectivity index (χ2n) is 6.49. The van der Waals surface area contributed by atoms with Crippen LogP contribution in [0.25, 0.3) is 11.6 Å². The molecule has 0 N–H and O–H groups in total. The normalized spacial score (nSPS) is 10.8. The second-order valence-corrected chi connectivity index (χ2v) is 7.35. The number of hydrogen-bond acceptors (Lipinski definition) is 4. The fraction of sp³-hybridized carbons (Fsp3) is 0.120. The van der Waals surface area contributed by atoms with E-state index in [4.69, 9.17) is 9.47 Å². The first-order chi connectivity index (χ1) is 15.0. The first-order valence-electron chi connectivity index (χ1n) is 9.50. The van der Waals surface area contributed by atoms with E-state index in [2.05, 4.69) is 28.1 Å². The smallest absolute Gasteiger partial charge is 0.162 e. The van der Waals surface area contributed by atoms with E-state index in [0.29, 0.717) is 44.8 Å². The maximum Gasteiger partial charge on any atom is 0.162 e. The summed E-state index contributed by atoms with van der Waals surface area (Å²) < 4.78 is 25.9. The lowest BCUT2D eigenvalue weighted by Crippen LogP contribution is -2.02. The van der Waals surface area contributed by atoms with Crippen molar-refractivity contribution in [2.45, 2.75) is 13.5 Å². The Bertz CT molecular complexity index is 1210. The van der Waals surface area contributed by atoms with Gasteiger partial charge in [0.05, 0.1) is 29.9 Å². The summed E-state index contributed by atoms with van der Waals surface area (Å²) >= 11 is 3.52. The van der Waals surface area contributed by atoms with Crippen molar-refractivity contribution in [2.75, 3.05) is 6.61 Å². The molecule has 0 aliphatic heterocycles. The van der Waals surface area contributed by atoms with E-state index in [-0.39, 0.29) is 6.61 Å². The number of benzene rings is 3. The molecule has 3 aromatic rings. The number of nitriles is 2. The zero-order valence-corrected chi connectivity index (χ0v) is 18.3. The summed E-state index contributed by atoms with van der Waals surface area (Å²) in [4.78, 5) is 0. The Morgan fingerprint density at radius 1 is 1.03 bits per heavy atom. The van der Waals surface area contributed by atoms with Crippen molar-refractivity contribution in [3.8, 4) is 23.6 Å². The largest absolute Gasteiger partial charge is 0.490 e. The Kier molecular flexibility index (Phi) is 7.43. The molecule has 0 fully saturated rings. The van der Waals surface area contributed by atoms with Gasteiger partial charge in [-0.05, 0) is 54.5 Å². The van der Waals surface area contributed by atoms with Gasteiger partial charge in [-0.3, -0.25) is 0 Å². The molecule has 0 bridgehead atoms. The van der Waals surface area contributed by atoms with Crippen molar-refractivity contribution in [2.24, 2.45) is 0 Å². The van der Waals surface area contributed by atoms with E-state index in [9.17, 15) is 14.9 Å². The number of halogens is 2. The number of allylic oxidation sites excluding steroid dienone is 1. The summed E-state index contributed by atoms with van der Waals surface area (Å²) in [6.45, 7) is 2.49. The van der Waals surface area contributed by atoms with Gasteiger partial charge < -0.3 is 9.47 Å². The van der Waals surface area contributed by atoms with Gasteiger partial charge in [0.25, 0.3) is 0 Å². The molecule has 154 valence electrons. The van der Waals surface area contributed by atoms with Gasteiger partial charge in [-0.15, -0.1) is 0 Å². The van der Waals surface area contributed by atoms with Crippen LogP contribution in [0.15, 0.2) is 65.1 Å². The van der Waals surface area contributed by atoms with Crippen LogP contribution in [-0.4, -0.2) is 6.61 Å². The molecule has 3 aromatic carbocycles. The third-order valence-corrected chi connectivity index (χ3v) is 5.13. The van der Waals surface area contributed by atoms with Crippen LogP contribution in [0, 0.1) is 28.5 Å². The van der Waals surface area contributed by atoms with Gasteiger partial charge >= 0.3 is 0 Å². The van der Waals surface area contributed by atoms with Gasteiger partial charge in [0.15, 0.2) is 11.5 Å². The van der Waals surface area contributed by atoms with Crippen LogP contribution in [0.3, 0.4) is 0 Å². The summed E-state index contributed by atoms with van der Waals surface area (Å²) in [7, 11) is 0. The Morgan fingerprint density at radius 2 is 1.81 bits per heavy atom. The molecule has 0 aliphatic carbocycles. The van der Waals surface area contributed by atoms with Crippen molar-refractivity contribution >= 4 is 27.6 Å². The fourth-order valence-electron chi connectivity index (χ4n) is 2.94. The van der Waals surface area contributed by atoms with Crippen LogP contribution >= 0.6 is 15.9 Å². The van der Waals surface area contributed by atoms with Crippen molar-refractivity contribution in [1.29, 1.82) is 10.5 Å². The van der Waals surface area contributed by atoms with Gasteiger partial charge in [-0.25, -0.2) is 4.39 Å². The molecular formula is C25H18BrFN2O2. The molecule has 0 amide bonds. The first kappa shape index (κ1) is 22.1. The number of ether oxygens (including phenoxy) is 2. The molecule has 0 unspecified atom stereocenters. The summed E-state index contributed by atoms with van der Waals surface area (Å²) in [5.41, 5.74) is 2.81. The third-order valence-electron chi connectivity index (χ3n) is 4.44. The highest BCUT2D eigenvalue weighted by atomic mass is 79.9. The Hall–Kier alpha value is -3.61. The van der Waals surface area contributed by atoms with E-state index in [0.717, 1.165) is 5.56 Å². The molecule has 0 saturated heterocycles. The van der Waals surface area contributed by atoms with Crippen molar-refractivity contribution in [3.05, 3.63) is 93.2 Å². The van der Waals surface area contributed by atoms with Gasteiger partial charge in [-0.1, -0.05) is 46.3 Å². The Morgan fingerprint density at radius 3 is 2.52 bits per heavy atom. The standard InChI is InChI=1S/C25H18BrFN2O2/c1-2-30-24-12-20(10-21(15-29)17-8-5-9-22(27)11-17)23(26)13-25(24)31-16-19-7-4-3-6-18(19)14-28/h3-13H,2,16H2,1H3/b21-10-. The monoisotopic (exact) mass is 476 g/mol. The minimum Gasteiger partial charge on any atom is -0.490 e. The molecule has 0 saturated carbocycles. The van der Waals surface area contributed by atoms with Gasteiger partial charge in [-0.2, -0.15) is 10.5 Å². The molecule has 31 heavy (non-hydrogen) atoms. The summed E-state index contributed by atoms with van der Waals surface area (Å²) in [5.74, 6) is 0.597. The minimum atomic E-state index is -0.408. The van der Waals surface area contributed by atoms with E-state index >= 15 is 0 Å². The average molecular weight is 477 g/mol. The lowest BCUT2D eigenvalue weighted by molar-refractivity contribution is 0.269. The molecule has 0 aliphatic rings. The number of rotatable bonds is 7. The number of nitrogens with zero attached hydrogens (tertiary/aromatic N) is 2. The maximum absolute atomic E-state index is 13.6. The Labute approximate surface area is 188 Å². The summed E-state index contributed by atoms with van der Waals surface area (Å²) in [5, 5.41) is 18.8. The van der Waals surface area contributed by atoms with Crippen LogP contribution in [0.4, 0.5) is 4.39 Å². The SMILES string of the molecule is CCOc1cc(/C=C(/C#N)c2cccc(F)c2)c(Br)cc1OCc1ccccc1C#N. The van der Waals surface area contributed by atoms with Gasteiger partial charge in [0, 0.05) is 10.0 Å². The molecule has 0 atom stereocenters. The Balaban J connectivity index is 1.95. The predicted molar refractivity (Wildman–Crippen MR) is 121 cm³/mol. The van der Waals surface area contributed by atoms with E-state index < -0.39 is 5.82 Å². The molecule has 4 nitrogen and oxygen atoms in total. The van der Waals surface area contributed by atoms with Crippen molar-refractivity contribution in [1.82, 2.24) is 0 Å². The molecular weight excluding hydrogens is 459 g/mol. The summed E-state index contributed by atoms with van der Waals surface area (Å²) in [6.07, 6.45) is 1.66. The van der Waals surface area contributed by atoms with Crippen LogP contribution in [-0.2, 0) is 6.61 Å². The zero-order valence-electron chi connectivity index (χ0n) is 16.7. The van der Waals surface area contributed by atoms with Crippen molar-refractivity contribution in [3.63, 3.8) is 0 Å². The lowest BCUT2D eigenvalue weighted by Gasteiger charge is -2.15. The molecule has 3 rings (SSSR count). The molecule has 0 heterocycles. The zero-order chi connectivity index (χ0) is 22.2. The highest BCUT2D eigenvalue weighted by Crippen LogP contribution is 2.36. The van der Waals surface area contributed by atoms with Crippen LogP contribution in [0.5, 0.6) is 11.5 Å².